The first kappa shape index (κ1) is 27.2. The molecule has 1 N–H and O–H groups in total. The van der Waals surface area contributed by atoms with E-state index in [4.69, 9.17) is 11.6 Å². The maximum Gasteiger partial charge on any atom is 0.416 e. The number of benzene rings is 2. The third kappa shape index (κ3) is 6.17. The number of alkyl halides is 3. The van der Waals surface area contributed by atoms with Crippen LogP contribution in [0.15, 0.2) is 66.9 Å². The molecular weight excluding hydrogens is 541 g/mol. The SMILES string of the molecule is Cc1nn(C)c(-n2ccc3cc(Cl)ccc32)c1/C=C/C(=O)NS(=O)(=O)CC=Cc1ccc(C(F)(F)F)cc1. The van der Waals surface area contributed by atoms with Gasteiger partial charge < -0.3 is 4.57 Å². The predicted octanol–water partition coefficient (Wildman–Crippen LogP) is 5.52. The van der Waals surface area contributed by atoms with Gasteiger partial charge >= 0.3 is 6.18 Å². The van der Waals surface area contributed by atoms with Gasteiger partial charge in [0, 0.05) is 35.3 Å². The zero-order valence-electron chi connectivity index (χ0n) is 20.2. The van der Waals surface area contributed by atoms with Crippen molar-refractivity contribution in [1.82, 2.24) is 19.1 Å². The first-order chi connectivity index (χ1) is 17.8. The third-order valence-corrected chi connectivity index (χ3v) is 7.02. The maximum absolute atomic E-state index is 12.7. The molecule has 2 aromatic carbocycles. The maximum atomic E-state index is 12.7. The molecule has 1 amide bonds. The average Bonchev–Trinajstić information content (AvgIpc) is 3.35. The number of aryl methyl sites for hydroxylation is 2. The van der Waals surface area contributed by atoms with Crippen molar-refractivity contribution < 1.29 is 26.4 Å². The van der Waals surface area contributed by atoms with Crippen molar-refractivity contribution >= 4 is 50.6 Å². The summed E-state index contributed by atoms with van der Waals surface area (Å²) in [6.45, 7) is 1.77. The summed E-state index contributed by atoms with van der Waals surface area (Å²) in [7, 11) is -2.28. The number of aromatic nitrogens is 3. The summed E-state index contributed by atoms with van der Waals surface area (Å²) in [5.74, 6) is -0.722. The zero-order valence-corrected chi connectivity index (χ0v) is 21.8. The molecule has 0 bridgehead atoms. The van der Waals surface area contributed by atoms with Crippen LogP contribution in [0, 0.1) is 6.92 Å². The lowest BCUT2D eigenvalue weighted by atomic mass is 10.1. The quantitative estimate of drug-likeness (QED) is 0.301. The summed E-state index contributed by atoms with van der Waals surface area (Å²) in [5, 5.41) is 5.95. The lowest BCUT2D eigenvalue weighted by molar-refractivity contribution is -0.137. The first-order valence-electron chi connectivity index (χ1n) is 11.2. The Hall–Kier alpha value is -3.83. The van der Waals surface area contributed by atoms with E-state index in [2.05, 4.69) is 5.10 Å². The lowest BCUT2D eigenvalue weighted by Gasteiger charge is -2.08. The van der Waals surface area contributed by atoms with Crippen molar-refractivity contribution in [3.63, 3.8) is 0 Å². The number of sulfonamides is 1. The summed E-state index contributed by atoms with van der Waals surface area (Å²) in [6, 6.07) is 11.6. The van der Waals surface area contributed by atoms with Crippen LogP contribution in [0.5, 0.6) is 0 Å². The van der Waals surface area contributed by atoms with Gasteiger partial charge in [-0.2, -0.15) is 18.3 Å². The minimum Gasteiger partial charge on any atom is -0.301 e. The van der Waals surface area contributed by atoms with Gasteiger partial charge in [0.1, 0.15) is 5.82 Å². The fraction of sp³-hybridized carbons (Fsp3) is 0.154. The van der Waals surface area contributed by atoms with Crippen molar-refractivity contribution in [2.75, 3.05) is 5.75 Å². The van der Waals surface area contributed by atoms with E-state index >= 15 is 0 Å². The van der Waals surface area contributed by atoms with Gasteiger partial charge in [-0.3, -0.25) is 9.48 Å². The molecule has 0 atom stereocenters. The molecule has 0 radical (unpaired) electrons. The standard InChI is InChI=1S/C26H22ClF3N4O3S/c1-17-22(25(33(2)31-17)34-14-13-19-16-21(27)9-11-23(19)34)10-12-24(35)32-38(36,37)15-3-4-18-5-7-20(8-6-18)26(28,29)30/h3-14,16H,15H2,1-2H3,(H,32,35)/b4-3?,12-10+. The molecule has 0 unspecified atom stereocenters. The van der Waals surface area contributed by atoms with E-state index in [-0.39, 0.29) is 0 Å². The molecule has 0 aliphatic heterocycles. The predicted molar refractivity (Wildman–Crippen MR) is 141 cm³/mol. The fourth-order valence-electron chi connectivity index (χ4n) is 3.92. The van der Waals surface area contributed by atoms with E-state index in [1.807, 2.05) is 33.7 Å². The molecule has 0 saturated heterocycles. The molecular formula is C26H22ClF3N4O3S. The lowest BCUT2D eigenvalue weighted by Crippen LogP contribution is -2.30. The van der Waals surface area contributed by atoms with E-state index in [0.717, 1.165) is 29.1 Å². The summed E-state index contributed by atoms with van der Waals surface area (Å²) >= 11 is 6.09. The van der Waals surface area contributed by atoms with E-state index in [1.54, 1.807) is 24.7 Å². The minimum atomic E-state index is -4.46. The highest BCUT2D eigenvalue weighted by Gasteiger charge is 2.29. The molecule has 4 aromatic rings. The van der Waals surface area contributed by atoms with Gasteiger partial charge in [0.05, 0.1) is 22.5 Å². The summed E-state index contributed by atoms with van der Waals surface area (Å²) in [4.78, 5) is 12.4. The van der Waals surface area contributed by atoms with Crippen LogP contribution in [0.1, 0.15) is 22.4 Å². The Balaban J connectivity index is 1.46. The largest absolute Gasteiger partial charge is 0.416 e. The second-order valence-corrected chi connectivity index (χ2v) is 10.6. The fourth-order valence-corrected chi connectivity index (χ4v) is 4.91. The van der Waals surface area contributed by atoms with Gasteiger partial charge in [-0.15, -0.1) is 0 Å². The van der Waals surface area contributed by atoms with Crippen molar-refractivity contribution in [3.05, 3.63) is 94.3 Å². The van der Waals surface area contributed by atoms with Crippen LogP contribution in [0.2, 0.25) is 5.02 Å². The number of amides is 1. The van der Waals surface area contributed by atoms with E-state index in [0.29, 0.717) is 27.7 Å². The molecule has 2 aromatic heterocycles. The molecule has 0 saturated carbocycles. The first-order valence-corrected chi connectivity index (χ1v) is 13.2. The summed E-state index contributed by atoms with van der Waals surface area (Å²) in [6.07, 6.45) is 2.59. The molecule has 4 rings (SSSR count). The highest BCUT2D eigenvalue weighted by atomic mass is 35.5. The normalized spacial score (nSPS) is 12.7. The topological polar surface area (TPSA) is 86.0 Å². The molecule has 2 heterocycles. The van der Waals surface area contributed by atoms with E-state index in [1.165, 1.54) is 30.4 Å². The van der Waals surface area contributed by atoms with Crippen molar-refractivity contribution in [1.29, 1.82) is 0 Å². The Bertz CT molecular complexity index is 1670. The van der Waals surface area contributed by atoms with Crippen LogP contribution in [0.25, 0.3) is 28.9 Å². The smallest absolute Gasteiger partial charge is 0.301 e. The van der Waals surface area contributed by atoms with Crippen LogP contribution in [0.3, 0.4) is 0 Å². The number of nitrogens with zero attached hydrogens (tertiary/aromatic N) is 3. The second-order valence-electron chi connectivity index (χ2n) is 8.44. The number of fused-ring (bicyclic) bond motifs is 1. The highest BCUT2D eigenvalue weighted by Crippen LogP contribution is 2.29. The number of carbonyl (C=O) groups excluding carboxylic acids is 1. The average molecular weight is 563 g/mol. The van der Waals surface area contributed by atoms with Crippen LogP contribution < -0.4 is 4.72 Å². The van der Waals surface area contributed by atoms with Gasteiger partial charge in [-0.25, -0.2) is 13.1 Å². The molecule has 198 valence electrons. The number of halogens is 4. The third-order valence-electron chi connectivity index (χ3n) is 5.64. The molecule has 12 heteroatoms. The van der Waals surface area contributed by atoms with Crippen molar-refractivity contribution in [2.24, 2.45) is 7.05 Å². The molecule has 7 nitrogen and oxygen atoms in total. The van der Waals surface area contributed by atoms with E-state index in [9.17, 15) is 26.4 Å². The Labute approximate surface area is 221 Å². The molecule has 0 spiro atoms. The highest BCUT2D eigenvalue weighted by molar-refractivity contribution is 7.90. The van der Waals surface area contributed by atoms with Crippen LogP contribution in [-0.4, -0.2) is 34.4 Å². The van der Waals surface area contributed by atoms with Gasteiger partial charge in [0.15, 0.2) is 0 Å². The van der Waals surface area contributed by atoms with Crippen LogP contribution in [0.4, 0.5) is 13.2 Å². The second kappa shape index (κ2) is 10.5. The number of carbonyl (C=O) groups is 1. The number of hydrogen-bond acceptors (Lipinski definition) is 4. The Kier molecular flexibility index (Phi) is 7.52. The van der Waals surface area contributed by atoms with Gasteiger partial charge in [-0.1, -0.05) is 35.9 Å². The zero-order chi connectivity index (χ0) is 27.7. The van der Waals surface area contributed by atoms with Crippen molar-refractivity contribution in [3.8, 4) is 5.82 Å². The number of rotatable bonds is 7. The van der Waals surface area contributed by atoms with Gasteiger partial charge in [0.25, 0.3) is 5.91 Å². The molecule has 0 fully saturated rings. The molecule has 0 aliphatic rings. The Morgan fingerprint density at radius 2 is 1.82 bits per heavy atom. The van der Waals surface area contributed by atoms with E-state index < -0.39 is 33.4 Å². The summed E-state index contributed by atoms with van der Waals surface area (Å²) in [5.41, 5.74) is 1.71. The monoisotopic (exact) mass is 562 g/mol. The van der Waals surface area contributed by atoms with Gasteiger partial charge in [-0.05, 0) is 55.0 Å². The van der Waals surface area contributed by atoms with Crippen molar-refractivity contribution in [2.45, 2.75) is 13.1 Å². The minimum absolute atomic E-state index is 0.388. The Morgan fingerprint density at radius 1 is 1.11 bits per heavy atom. The molecule has 38 heavy (non-hydrogen) atoms. The number of hydrogen-bond donors (Lipinski definition) is 1. The Morgan fingerprint density at radius 3 is 2.50 bits per heavy atom. The number of nitrogens with one attached hydrogen (secondary N) is 1. The summed E-state index contributed by atoms with van der Waals surface area (Å²) < 4.78 is 68.1. The molecule has 0 aliphatic carbocycles. The van der Waals surface area contributed by atoms with Gasteiger partial charge in [0.2, 0.25) is 10.0 Å². The van der Waals surface area contributed by atoms with Crippen LogP contribution in [-0.2, 0) is 28.0 Å². The van der Waals surface area contributed by atoms with Crippen LogP contribution >= 0.6 is 11.6 Å².